The zero-order valence-electron chi connectivity index (χ0n) is 15.0. The number of halogens is 3. The average Bonchev–Trinajstić information content (AvgIpc) is 2.90. The van der Waals surface area contributed by atoms with Gasteiger partial charge in [-0.15, -0.1) is 0 Å². The number of sulfonamides is 1. The van der Waals surface area contributed by atoms with Crippen LogP contribution in [0.15, 0.2) is 42.5 Å². The minimum Gasteiger partial charge on any atom is -0.427 e. The van der Waals surface area contributed by atoms with Crippen LogP contribution in [-0.4, -0.2) is 30.7 Å². The van der Waals surface area contributed by atoms with Gasteiger partial charge in [0.2, 0.25) is 0 Å². The van der Waals surface area contributed by atoms with Gasteiger partial charge in [-0.25, -0.2) is 0 Å². The molecule has 0 fully saturated rings. The molecule has 0 aromatic heterocycles. The zero-order valence-corrected chi connectivity index (χ0v) is 15.8. The number of benzene rings is 2. The predicted octanol–water partition coefficient (Wildman–Crippen LogP) is 3.03. The van der Waals surface area contributed by atoms with Crippen molar-refractivity contribution in [2.24, 2.45) is 0 Å². The number of amides is 1. The zero-order chi connectivity index (χ0) is 21.4. The van der Waals surface area contributed by atoms with Crippen molar-refractivity contribution in [2.45, 2.75) is 25.5 Å². The number of hydrogen-bond donors (Lipinski definition) is 1. The summed E-state index contributed by atoms with van der Waals surface area (Å²) in [5.74, 6) is -0.393. The number of carbonyl (C=O) groups is 2. The highest BCUT2D eigenvalue weighted by molar-refractivity contribution is 7.93. The Morgan fingerprint density at radius 3 is 2.41 bits per heavy atom. The molecule has 1 amide bonds. The van der Waals surface area contributed by atoms with Crippen LogP contribution in [0.25, 0.3) is 0 Å². The van der Waals surface area contributed by atoms with Crippen LogP contribution in [0.3, 0.4) is 0 Å². The Balaban J connectivity index is 1.69. The van der Waals surface area contributed by atoms with Crippen LogP contribution in [-0.2, 0) is 27.9 Å². The third kappa shape index (κ3) is 4.50. The van der Waals surface area contributed by atoms with Crippen molar-refractivity contribution in [1.82, 2.24) is 4.90 Å². The van der Waals surface area contributed by atoms with Gasteiger partial charge in [0.15, 0.2) is 0 Å². The SMILES string of the molecule is CC(=O)Oc1ccc2c(c1)CN(Cc1ccc(NS(=O)(=O)C(F)(F)F)cc1)C2=O. The van der Waals surface area contributed by atoms with Crippen molar-refractivity contribution in [3.05, 3.63) is 59.2 Å². The van der Waals surface area contributed by atoms with Crippen LogP contribution in [0.1, 0.15) is 28.4 Å². The van der Waals surface area contributed by atoms with Crippen LogP contribution in [0, 0.1) is 0 Å². The van der Waals surface area contributed by atoms with Crippen LogP contribution in [0.4, 0.5) is 18.9 Å². The monoisotopic (exact) mass is 428 g/mol. The Morgan fingerprint density at radius 2 is 1.83 bits per heavy atom. The van der Waals surface area contributed by atoms with Crippen molar-refractivity contribution < 1.29 is 35.9 Å². The molecular formula is C18H15F3N2O5S. The van der Waals surface area contributed by atoms with E-state index in [-0.39, 0.29) is 24.7 Å². The molecule has 1 heterocycles. The fourth-order valence-corrected chi connectivity index (χ4v) is 3.39. The summed E-state index contributed by atoms with van der Waals surface area (Å²) in [5.41, 5.74) is -3.90. The Morgan fingerprint density at radius 1 is 1.17 bits per heavy atom. The Hall–Kier alpha value is -3.08. The minimum atomic E-state index is -5.49. The molecule has 0 radical (unpaired) electrons. The molecule has 3 rings (SSSR count). The molecule has 11 heteroatoms. The number of alkyl halides is 3. The molecule has 0 spiro atoms. The van der Waals surface area contributed by atoms with Crippen molar-refractivity contribution in [2.75, 3.05) is 4.72 Å². The molecule has 2 aromatic carbocycles. The summed E-state index contributed by atoms with van der Waals surface area (Å²) in [5, 5.41) is 0. The summed E-state index contributed by atoms with van der Waals surface area (Å²) in [7, 11) is -5.49. The van der Waals surface area contributed by atoms with E-state index in [1.165, 1.54) is 46.9 Å². The lowest BCUT2D eigenvalue weighted by atomic mass is 10.1. The van der Waals surface area contributed by atoms with Gasteiger partial charge in [-0.05, 0) is 41.5 Å². The third-order valence-corrected chi connectivity index (χ3v) is 5.22. The smallest absolute Gasteiger partial charge is 0.427 e. The second-order valence-corrected chi connectivity index (χ2v) is 8.00. The summed E-state index contributed by atoms with van der Waals surface area (Å²) >= 11 is 0. The Kier molecular flexibility index (Phi) is 5.26. The maximum atomic E-state index is 12.5. The standard InChI is InChI=1S/C18H15F3N2O5S/c1-11(24)28-15-6-7-16-13(8-15)10-23(17(16)25)9-12-2-4-14(5-3-12)22-29(26,27)18(19,20)21/h2-8,22H,9-10H2,1H3. The summed E-state index contributed by atoms with van der Waals surface area (Å²) in [4.78, 5) is 25.1. The second kappa shape index (κ2) is 7.39. The molecule has 0 saturated carbocycles. The van der Waals surface area contributed by atoms with E-state index in [0.717, 1.165) is 0 Å². The molecule has 154 valence electrons. The highest BCUT2D eigenvalue weighted by Crippen LogP contribution is 2.29. The van der Waals surface area contributed by atoms with E-state index in [4.69, 9.17) is 4.74 Å². The molecule has 1 N–H and O–H groups in total. The first-order valence-corrected chi connectivity index (χ1v) is 9.73. The Labute approximate surface area is 164 Å². The molecule has 1 aliphatic heterocycles. The van der Waals surface area contributed by atoms with E-state index >= 15 is 0 Å². The van der Waals surface area contributed by atoms with E-state index in [1.54, 1.807) is 12.1 Å². The molecule has 29 heavy (non-hydrogen) atoms. The fraction of sp³-hybridized carbons (Fsp3) is 0.222. The molecule has 0 unspecified atom stereocenters. The number of carbonyl (C=O) groups excluding carboxylic acids is 2. The second-order valence-electron chi connectivity index (χ2n) is 6.32. The molecule has 0 aliphatic carbocycles. The van der Waals surface area contributed by atoms with Crippen molar-refractivity contribution in [3.8, 4) is 5.75 Å². The fourth-order valence-electron chi connectivity index (χ4n) is 2.83. The number of rotatable bonds is 5. The number of nitrogens with one attached hydrogen (secondary N) is 1. The molecule has 2 aromatic rings. The number of ether oxygens (including phenoxy) is 1. The summed E-state index contributed by atoms with van der Waals surface area (Å²) < 4.78 is 66.0. The van der Waals surface area contributed by atoms with Crippen molar-refractivity contribution in [1.29, 1.82) is 0 Å². The van der Waals surface area contributed by atoms with E-state index in [2.05, 4.69) is 0 Å². The number of esters is 1. The largest absolute Gasteiger partial charge is 0.516 e. The molecule has 0 bridgehead atoms. The quantitative estimate of drug-likeness (QED) is 0.584. The predicted molar refractivity (Wildman–Crippen MR) is 96.4 cm³/mol. The topological polar surface area (TPSA) is 92.8 Å². The highest BCUT2D eigenvalue weighted by Gasteiger charge is 2.46. The molecular weight excluding hydrogens is 413 g/mol. The first-order chi connectivity index (χ1) is 13.5. The van der Waals surface area contributed by atoms with Gasteiger partial charge in [-0.3, -0.25) is 14.3 Å². The van der Waals surface area contributed by atoms with Gasteiger partial charge in [0, 0.05) is 31.3 Å². The van der Waals surface area contributed by atoms with E-state index < -0.39 is 21.5 Å². The van der Waals surface area contributed by atoms with Gasteiger partial charge < -0.3 is 9.64 Å². The Bertz CT molecular complexity index is 1070. The average molecular weight is 428 g/mol. The van der Waals surface area contributed by atoms with Gasteiger partial charge in [-0.1, -0.05) is 12.1 Å². The maximum Gasteiger partial charge on any atom is 0.516 e. The van der Waals surface area contributed by atoms with Crippen LogP contribution in [0.2, 0.25) is 0 Å². The van der Waals surface area contributed by atoms with Gasteiger partial charge in [0.1, 0.15) is 5.75 Å². The minimum absolute atomic E-state index is 0.169. The van der Waals surface area contributed by atoms with Gasteiger partial charge in [0.25, 0.3) is 5.91 Å². The third-order valence-electron chi connectivity index (χ3n) is 4.10. The number of hydrogen-bond acceptors (Lipinski definition) is 5. The number of anilines is 1. The first kappa shape index (κ1) is 20.6. The van der Waals surface area contributed by atoms with E-state index in [1.807, 2.05) is 0 Å². The van der Waals surface area contributed by atoms with Crippen LogP contribution >= 0.6 is 0 Å². The maximum absolute atomic E-state index is 12.5. The number of nitrogens with zero attached hydrogens (tertiary/aromatic N) is 1. The lowest BCUT2D eigenvalue weighted by molar-refractivity contribution is -0.131. The van der Waals surface area contributed by atoms with Crippen LogP contribution in [0.5, 0.6) is 5.75 Å². The van der Waals surface area contributed by atoms with E-state index in [9.17, 15) is 31.2 Å². The summed E-state index contributed by atoms with van der Waals surface area (Å²) in [6, 6.07) is 9.90. The molecule has 7 nitrogen and oxygen atoms in total. The van der Waals surface area contributed by atoms with Crippen molar-refractivity contribution >= 4 is 27.6 Å². The highest BCUT2D eigenvalue weighted by atomic mass is 32.2. The summed E-state index contributed by atoms with van der Waals surface area (Å²) in [6.45, 7) is 1.71. The molecule has 1 aliphatic rings. The van der Waals surface area contributed by atoms with Gasteiger partial charge in [0.05, 0.1) is 0 Å². The van der Waals surface area contributed by atoms with Crippen molar-refractivity contribution in [3.63, 3.8) is 0 Å². The normalized spacial score (nSPS) is 13.9. The van der Waals surface area contributed by atoms with Gasteiger partial charge >= 0.3 is 21.5 Å². The lowest BCUT2D eigenvalue weighted by Gasteiger charge is -2.16. The first-order valence-electron chi connectivity index (χ1n) is 8.25. The molecule has 0 saturated heterocycles. The van der Waals surface area contributed by atoms with Crippen LogP contribution < -0.4 is 9.46 Å². The van der Waals surface area contributed by atoms with E-state index in [0.29, 0.717) is 22.4 Å². The number of fused-ring (bicyclic) bond motifs is 1. The van der Waals surface area contributed by atoms with Gasteiger partial charge in [-0.2, -0.15) is 21.6 Å². The molecule has 0 atom stereocenters. The lowest BCUT2D eigenvalue weighted by Crippen LogP contribution is -2.29. The summed E-state index contributed by atoms with van der Waals surface area (Å²) in [6.07, 6.45) is 0.